The van der Waals surface area contributed by atoms with Crippen molar-refractivity contribution in [1.29, 1.82) is 0 Å². The zero-order valence-electron chi connectivity index (χ0n) is 13.1. The van der Waals surface area contributed by atoms with E-state index in [4.69, 9.17) is 9.26 Å². The second-order valence-corrected chi connectivity index (χ2v) is 6.63. The molecule has 1 saturated heterocycles. The standard InChI is InChI=1S/C15H15N2O8P/c18-9-6-7-17(15(22)16-9)13-11(20)10(19)12(24-13)14(21)26(23)25-8-4-2-1-3-5-8/h1-7,10-13,19-20,23H,(H,16,18,22)/t10-,11+,12-,13+,26?/m0/s1. The lowest BCUT2D eigenvalue weighted by atomic mass is 10.1. The number of para-hydroxylation sites is 1. The summed E-state index contributed by atoms with van der Waals surface area (Å²) in [7, 11) is -2.66. The number of carbonyl (C=O) groups is 1. The van der Waals surface area contributed by atoms with E-state index in [0.717, 1.165) is 16.8 Å². The van der Waals surface area contributed by atoms with E-state index in [2.05, 4.69) is 0 Å². The van der Waals surface area contributed by atoms with Gasteiger partial charge in [-0.25, -0.2) is 4.79 Å². The molecule has 0 spiro atoms. The zero-order valence-corrected chi connectivity index (χ0v) is 14.0. The van der Waals surface area contributed by atoms with Gasteiger partial charge >= 0.3 is 14.1 Å². The van der Waals surface area contributed by atoms with E-state index in [0.29, 0.717) is 0 Å². The molecule has 11 heteroatoms. The fourth-order valence-corrected chi connectivity index (χ4v) is 3.30. The molecule has 1 fully saturated rings. The van der Waals surface area contributed by atoms with Gasteiger partial charge < -0.3 is 24.4 Å². The predicted molar refractivity (Wildman–Crippen MR) is 88.5 cm³/mol. The molecule has 0 amide bonds. The Bertz CT molecular complexity index is 898. The lowest BCUT2D eigenvalue weighted by molar-refractivity contribution is -0.128. The van der Waals surface area contributed by atoms with E-state index in [1.807, 2.05) is 4.98 Å². The van der Waals surface area contributed by atoms with Gasteiger partial charge in [0, 0.05) is 12.3 Å². The Morgan fingerprint density at radius 2 is 1.85 bits per heavy atom. The quantitative estimate of drug-likeness (QED) is 0.484. The molecule has 1 aromatic carbocycles. The zero-order chi connectivity index (χ0) is 18.8. The van der Waals surface area contributed by atoms with Crippen LogP contribution >= 0.6 is 8.38 Å². The number of nitrogens with one attached hydrogen (secondary N) is 1. The molecule has 1 unspecified atom stereocenters. The van der Waals surface area contributed by atoms with E-state index in [-0.39, 0.29) is 5.75 Å². The number of H-pyrrole nitrogens is 1. The molecular weight excluding hydrogens is 367 g/mol. The second kappa shape index (κ2) is 7.48. The smallest absolute Gasteiger partial charge is 0.330 e. The van der Waals surface area contributed by atoms with Gasteiger partial charge in [0.1, 0.15) is 18.0 Å². The summed E-state index contributed by atoms with van der Waals surface area (Å²) < 4.78 is 11.2. The molecule has 1 aliphatic heterocycles. The Labute approximate surface area is 147 Å². The highest BCUT2D eigenvalue weighted by Crippen LogP contribution is 2.40. The molecule has 2 heterocycles. The molecule has 4 N–H and O–H groups in total. The van der Waals surface area contributed by atoms with Gasteiger partial charge in [-0.05, 0) is 12.1 Å². The number of aromatic amines is 1. The highest BCUT2D eigenvalue weighted by atomic mass is 31.2. The van der Waals surface area contributed by atoms with Crippen molar-refractivity contribution in [2.75, 3.05) is 0 Å². The Hall–Kier alpha value is -2.36. The van der Waals surface area contributed by atoms with Gasteiger partial charge in [0.2, 0.25) is 0 Å². The molecule has 0 saturated carbocycles. The number of benzene rings is 1. The van der Waals surface area contributed by atoms with Crippen LogP contribution in [-0.4, -0.2) is 48.5 Å². The number of carbonyl (C=O) groups excluding carboxylic acids is 1. The number of aliphatic hydroxyl groups is 2. The average molecular weight is 382 g/mol. The first kappa shape index (κ1) is 18.4. The summed E-state index contributed by atoms with van der Waals surface area (Å²) in [6.45, 7) is 0. The fraction of sp³-hybridized carbons (Fsp3) is 0.267. The molecule has 0 radical (unpaired) electrons. The van der Waals surface area contributed by atoms with Gasteiger partial charge in [-0.3, -0.25) is 19.1 Å². The monoisotopic (exact) mass is 382 g/mol. The summed E-state index contributed by atoms with van der Waals surface area (Å²) in [5, 5.41) is 20.2. The summed E-state index contributed by atoms with van der Waals surface area (Å²) in [5.74, 6) is 0.246. The molecule has 0 aliphatic carbocycles. The van der Waals surface area contributed by atoms with E-state index in [1.54, 1.807) is 18.2 Å². The number of rotatable bonds is 5. The van der Waals surface area contributed by atoms with Crippen molar-refractivity contribution >= 4 is 13.9 Å². The number of hydrogen-bond acceptors (Lipinski definition) is 8. The van der Waals surface area contributed by atoms with Crippen LogP contribution in [0.1, 0.15) is 6.23 Å². The van der Waals surface area contributed by atoms with Gasteiger partial charge in [-0.15, -0.1) is 0 Å². The Kier molecular flexibility index (Phi) is 5.30. The van der Waals surface area contributed by atoms with E-state index < -0.39 is 49.7 Å². The molecule has 138 valence electrons. The van der Waals surface area contributed by atoms with Crippen molar-refractivity contribution in [2.45, 2.75) is 24.5 Å². The number of hydrogen-bond donors (Lipinski definition) is 4. The molecular formula is C15H15N2O8P. The van der Waals surface area contributed by atoms with Crippen LogP contribution in [0, 0.1) is 0 Å². The summed E-state index contributed by atoms with van der Waals surface area (Å²) in [6, 6.07) is 9.10. The SMILES string of the molecule is O=C([C@H]1O[C@@H](n2ccc(=O)[nH]c2=O)[C@H](O)[C@@H]1O)P(O)Oc1ccccc1. The molecule has 3 rings (SSSR count). The van der Waals surface area contributed by atoms with Gasteiger partial charge in [0.15, 0.2) is 12.3 Å². The van der Waals surface area contributed by atoms with Crippen LogP contribution in [0.3, 0.4) is 0 Å². The summed E-state index contributed by atoms with van der Waals surface area (Å²) in [4.78, 5) is 47.2. The third-order valence-electron chi connectivity index (χ3n) is 3.73. The first-order valence-corrected chi connectivity index (χ1v) is 8.68. The van der Waals surface area contributed by atoms with Crippen molar-refractivity contribution in [1.82, 2.24) is 9.55 Å². The maximum atomic E-state index is 12.3. The number of aromatic nitrogens is 2. The molecule has 10 nitrogen and oxygen atoms in total. The minimum Gasteiger partial charge on any atom is -0.442 e. The number of aliphatic hydroxyl groups excluding tert-OH is 2. The molecule has 26 heavy (non-hydrogen) atoms. The lowest BCUT2D eigenvalue weighted by Crippen LogP contribution is -2.38. The van der Waals surface area contributed by atoms with Gasteiger partial charge in [0.25, 0.3) is 11.1 Å². The number of ether oxygens (including phenoxy) is 1. The Morgan fingerprint density at radius 1 is 1.15 bits per heavy atom. The van der Waals surface area contributed by atoms with Crippen LogP contribution in [0.4, 0.5) is 0 Å². The molecule has 1 aromatic heterocycles. The first-order chi connectivity index (χ1) is 12.4. The average Bonchev–Trinajstić information content (AvgIpc) is 2.91. The molecule has 1 aliphatic rings. The topological polar surface area (TPSA) is 151 Å². The third-order valence-corrected chi connectivity index (χ3v) is 4.75. The normalized spacial score (nSPS) is 26.4. The Morgan fingerprint density at radius 3 is 2.50 bits per heavy atom. The van der Waals surface area contributed by atoms with Crippen LogP contribution in [0.2, 0.25) is 0 Å². The van der Waals surface area contributed by atoms with Crippen LogP contribution in [-0.2, 0) is 9.53 Å². The van der Waals surface area contributed by atoms with Crippen LogP contribution in [0.25, 0.3) is 0 Å². The minimum absolute atomic E-state index is 0.246. The van der Waals surface area contributed by atoms with Crippen molar-refractivity contribution < 1.29 is 29.2 Å². The van der Waals surface area contributed by atoms with E-state index in [9.17, 15) is 29.5 Å². The highest BCUT2D eigenvalue weighted by Gasteiger charge is 2.50. The first-order valence-electron chi connectivity index (χ1n) is 7.47. The summed E-state index contributed by atoms with van der Waals surface area (Å²) in [6.07, 6.45) is -5.27. The summed E-state index contributed by atoms with van der Waals surface area (Å²) in [5.41, 5.74) is -2.49. The predicted octanol–water partition coefficient (Wildman–Crippen LogP) is -0.934. The maximum Gasteiger partial charge on any atom is 0.330 e. The minimum atomic E-state index is -2.66. The van der Waals surface area contributed by atoms with Gasteiger partial charge in [0.05, 0.1) is 0 Å². The number of nitrogens with zero attached hydrogens (tertiary/aromatic N) is 1. The molecule has 2 aromatic rings. The van der Waals surface area contributed by atoms with E-state index >= 15 is 0 Å². The van der Waals surface area contributed by atoms with Crippen molar-refractivity contribution in [3.8, 4) is 5.75 Å². The van der Waals surface area contributed by atoms with Crippen LogP contribution in [0.15, 0.2) is 52.2 Å². The lowest BCUT2D eigenvalue weighted by Gasteiger charge is -2.17. The fourth-order valence-electron chi connectivity index (χ4n) is 2.46. The maximum absolute atomic E-state index is 12.3. The van der Waals surface area contributed by atoms with Crippen LogP contribution < -0.4 is 15.8 Å². The third kappa shape index (κ3) is 3.59. The van der Waals surface area contributed by atoms with Gasteiger partial charge in [-0.2, -0.15) is 0 Å². The molecule has 5 atom stereocenters. The largest absolute Gasteiger partial charge is 0.442 e. The Balaban J connectivity index is 1.77. The second-order valence-electron chi connectivity index (χ2n) is 5.46. The molecule has 0 bridgehead atoms. The van der Waals surface area contributed by atoms with Crippen LogP contribution in [0.5, 0.6) is 5.75 Å². The van der Waals surface area contributed by atoms with E-state index in [1.165, 1.54) is 12.1 Å². The van der Waals surface area contributed by atoms with Crippen molar-refractivity contribution in [2.24, 2.45) is 0 Å². The van der Waals surface area contributed by atoms with Gasteiger partial charge in [-0.1, -0.05) is 18.2 Å². The summed E-state index contributed by atoms with van der Waals surface area (Å²) >= 11 is 0. The highest BCUT2D eigenvalue weighted by molar-refractivity contribution is 7.65. The van der Waals surface area contributed by atoms with Crippen molar-refractivity contribution in [3.05, 3.63) is 63.4 Å². The van der Waals surface area contributed by atoms with Crippen molar-refractivity contribution in [3.63, 3.8) is 0 Å².